The minimum absolute atomic E-state index is 0.304. The van der Waals surface area contributed by atoms with E-state index in [1.807, 2.05) is 0 Å². The van der Waals surface area contributed by atoms with Gasteiger partial charge in [0.05, 0.1) is 5.69 Å². The minimum Gasteiger partial charge on any atom is -0.365 e. The Balaban J connectivity index is 2.04. The van der Waals surface area contributed by atoms with E-state index >= 15 is 0 Å². The molecule has 2 heterocycles. The third kappa shape index (κ3) is 2.66. The van der Waals surface area contributed by atoms with Crippen molar-refractivity contribution in [3.63, 3.8) is 0 Å². The van der Waals surface area contributed by atoms with E-state index in [4.69, 9.17) is 0 Å². The van der Waals surface area contributed by atoms with Crippen LogP contribution in [0, 0.1) is 12.7 Å². The Morgan fingerprint density at radius 1 is 1.38 bits per heavy atom. The summed E-state index contributed by atoms with van der Waals surface area (Å²) < 4.78 is 13.7. The first-order valence-electron chi connectivity index (χ1n) is 5.71. The zero-order valence-electron chi connectivity index (χ0n) is 9.46. The number of rotatable bonds is 2. The number of halogens is 1. The van der Waals surface area contributed by atoms with Crippen LogP contribution in [-0.2, 0) is 0 Å². The second-order valence-corrected chi connectivity index (χ2v) is 4.14. The van der Waals surface area contributed by atoms with Gasteiger partial charge < -0.3 is 10.6 Å². The highest BCUT2D eigenvalue weighted by Gasteiger charge is 2.15. The first-order chi connectivity index (χ1) is 7.77. The number of aryl methyl sites for hydroxylation is 1. The van der Waals surface area contributed by atoms with Crippen LogP contribution < -0.4 is 10.6 Å². The second kappa shape index (κ2) is 5.21. The van der Waals surface area contributed by atoms with Crippen molar-refractivity contribution in [2.75, 3.05) is 18.4 Å². The van der Waals surface area contributed by atoms with Crippen molar-refractivity contribution in [2.24, 2.45) is 0 Å². The molecular weight excluding hydrogens is 207 g/mol. The van der Waals surface area contributed by atoms with Gasteiger partial charge >= 0.3 is 0 Å². The molecule has 16 heavy (non-hydrogen) atoms. The molecule has 0 saturated carbocycles. The molecule has 1 atom stereocenters. The van der Waals surface area contributed by atoms with Crippen LogP contribution in [-0.4, -0.2) is 29.1 Å². The maximum Gasteiger partial charge on any atom is 0.186 e. The molecule has 4 nitrogen and oxygen atoms in total. The highest BCUT2D eigenvalue weighted by atomic mass is 19.1. The van der Waals surface area contributed by atoms with Gasteiger partial charge in [-0.1, -0.05) is 0 Å². The summed E-state index contributed by atoms with van der Waals surface area (Å²) in [4.78, 5) is 7.76. The van der Waals surface area contributed by atoms with Crippen LogP contribution in [0.15, 0.2) is 6.33 Å². The zero-order valence-corrected chi connectivity index (χ0v) is 9.46. The quantitative estimate of drug-likeness (QED) is 0.799. The summed E-state index contributed by atoms with van der Waals surface area (Å²) in [5.74, 6) is -0.000828. The summed E-state index contributed by atoms with van der Waals surface area (Å²) in [6, 6.07) is 0.304. The van der Waals surface area contributed by atoms with Crippen LogP contribution in [0.2, 0.25) is 0 Å². The van der Waals surface area contributed by atoms with Crippen molar-refractivity contribution in [2.45, 2.75) is 32.2 Å². The number of hydrogen-bond acceptors (Lipinski definition) is 4. The minimum atomic E-state index is -0.334. The Kier molecular flexibility index (Phi) is 3.66. The number of anilines is 1. The average Bonchev–Trinajstić information content (AvgIpc) is 2.53. The van der Waals surface area contributed by atoms with Gasteiger partial charge in [0, 0.05) is 6.04 Å². The molecule has 1 aliphatic heterocycles. The molecule has 0 radical (unpaired) electrons. The van der Waals surface area contributed by atoms with Crippen molar-refractivity contribution in [1.82, 2.24) is 15.3 Å². The summed E-state index contributed by atoms with van der Waals surface area (Å²) in [5.41, 5.74) is 0.393. The van der Waals surface area contributed by atoms with Crippen LogP contribution in [0.3, 0.4) is 0 Å². The van der Waals surface area contributed by atoms with E-state index in [0.29, 0.717) is 17.6 Å². The van der Waals surface area contributed by atoms with E-state index in [2.05, 4.69) is 20.6 Å². The van der Waals surface area contributed by atoms with E-state index in [1.54, 1.807) is 6.92 Å². The van der Waals surface area contributed by atoms with Crippen LogP contribution in [0.25, 0.3) is 0 Å². The first-order valence-corrected chi connectivity index (χ1v) is 5.71. The van der Waals surface area contributed by atoms with Crippen LogP contribution >= 0.6 is 0 Å². The molecule has 1 unspecified atom stereocenters. The summed E-state index contributed by atoms with van der Waals surface area (Å²) in [5, 5.41) is 6.49. The first kappa shape index (κ1) is 11.3. The van der Waals surface area contributed by atoms with E-state index in [0.717, 1.165) is 32.4 Å². The number of nitrogens with zero attached hydrogens (tertiary/aromatic N) is 2. The van der Waals surface area contributed by atoms with Gasteiger partial charge in [0.25, 0.3) is 0 Å². The van der Waals surface area contributed by atoms with Crippen LogP contribution in [0.5, 0.6) is 0 Å². The highest BCUT2D eigenvalue weighted by Crippen LogP contribution is 2.16. The number of aromatic nitrogens is 2. The predicted octanol–water partition coefficient (Wildman–Crippen LogP) is 1.48. The smallest absolute Gasteiger partial charge is 0.186 e. The lowest BCUT2D eigenvalue weighted by Gasteiger charge is -2.17. The monoisotopic (exact) mass is 224 g/mol. The van der Waals surface area contributed by atoms with Crippen molar-refractivity contribution in [1.29, 1.82) is 0 Å². The van der Waals surface area contributed by atoms with E-state index in [-0.39, 0.29) is 5.82 Å². The number of nitrogens with one attached hydrogen (secondary N) is 2. The van der Waals surface area contributed by atoms with Gasteiger partial charge in [0.1, 0.15) is 6.33 Å². The Labute approximate surface area is 94.7 Å². The molecule has 1 aromatic rings. The lowest BCUT2D eigenvalue weighted by molar-refractivity contribution is 0.586. The fourth-order valence-electron chi connectivity index (χ4n) is 1.92. The molecule has 1 aromatic heterocycles. The molecule has 1 aliphatic rings. The molecular formula is C11H17FN4. The fourth-order valence-corrected chi connectivity index (χ4v) is 1.92. The van der Waals surface area contributed by atoms with Crippen molar-refractivity contribution in [3.8, 4) is 0 Å². The normalized spacial score (nSPS) is 21.5. The molecule has 0 bridgehead atoms. The zero-order chi connectivity index (χ0) is 11.4. The Morgan fingerprint density at radius 2 is 2.25 bits per heavy atom. The molecule has 0 aromatic carbocycles. The van der Waals surface area contributed by atoms with Crippen molar-refractivity contribution >= 4 is 5.82 Å². The van der Waals surface area contributed by atoms with Crippen LogP contribution in [0.4, 0.5) is 10.2 Å². The molecule has 0 aliphatic carbocycles. The largest absolute Gasteiger partial charge is 0.365 e. The van der Waals surface area contributed by atoms with Gasteiger partial charge in [-0.15, -0.1) is 0 Å². The lowest BCUT2D eigenvalue weighted by atomic mass is 10.1. The maximum atomic E-state index is 13.7. The van der Waals surface area contributed by atoms with E-state index in [9.17, 15) is 4.39 Å². The van der Waals surface area contributed by atoms with Crippen LogP contribution in [0.1, 0.15) is 25.0 Å². The predicted molar refractivity (Wildman–Crippen MR) is 60.9 cm³/mol. The van der Waals surface area contributed by atoms with Gasteiger partial charge in [-0.05, 0) is 39.3 Å². The fraction of sp³-hybridized carbons (Fsp3) is 0.636. The molecule has 1 saturated heterocycles. The van der Waals surface area contributed by atoms with E-state index < -0.39 is 0 Å². The van der Waals surface area contributed by atoms with Gasteiger partial charge in [0.2, 0.25) is 0 Å². The topological polar surface area (TPSA) is 49.8 Å². The SMILES string of the molecule is Cc1ncnc(NC2CCCNCC2)c1F. The van der Waals surface area contributed by atoms with Gasteiger partial charge in [-0.25, -0.2) is 14.4 Å². The lowest BCUT2D eigenvalue weighted by Crippen LogP contribution is -2.23. The summed E-state index contributed by atoms with van der Waals surface area (Å²) in [6.07, 6.45) is 4.57. The van der Waals surface area contributed by atoms with Gasteiger partial charge in [0.15, 0.2) is 11.6 Å². The Hall–Kier alpha value is -1.23. The highest BCUT2D eigenvalue weighted by molar-refractivity contribution is 5.37. The van der Waals surface area contributed by atoms with E-state index in [1.165, 1.54) is 6.33 Å². The maximum absolute atomic E-state index is 13.7. The molecule has 5 heteroatoms. The van der Waals surface area contributed by atoms with Crippen molar-refractivity contribution < 1.29 is 4.39 Å². The average molecular weight is 224 g/mol. The third-order valence-corrected chi connectivity index (χ3v) is 2.88. The molecule has 2 N–H and O–H groups in total. The van der Waals surface area contributed by atoms with Crippen molar-refractivity contribution in [3.05, 3.63) is 17.8 Å². The summed E-state index contributed by atoms with van der Waals surface area (Å²) >= 11 is 0. The standard InChI is InChI=1S/C11H17FN4/c1-8-10(12)11(15-7-14-8)16-9-3-2-5-13-6-4-9/h7,9,13H,2-6H2,1H3,(H,14,15,16). The molecule has 2 rings (SSSR count). The number of hydrogen-bond donors (Lipinski definition) is 2. The second-order valence-electron chi connectivity index (χ2n) is 4.14. The third-order valence-electron chi connectivity index (χ3n) is 2.88. The van der Waals surface area contributed by atoms with Gasteiger partial charge in [-0.2, -0.15) is 0 Å². The molecule has 0 spiro atoms. The molecule has 1 fully saturated rings. The van der Waals surface area contributed by atoms with Gasteiger partial charge in [-0.3, -0.25) is 0 Å². The Morgan fingerprint density at radius 3 is 3.12 bits per heavy atom. The summed E-state index contributed by atoms with van der Waals surface area (Å²) in [7, 11) is 0. The molecule has 0 amide bonds. The summed E-state index contributed by atoms with van der Waals surface area (Å²) in [6.45, 7) is 3.67. The molecule has 88 valence electrons. The Bertz CT molecular complexity index is 348.